The lowest BCUT2D eigenvalue weighted by Crippen LogP contribution is -2.15. The highest BCUT2D eigenvalue weighted by molar-refractivity contribution is 5.39. The van der Waals surface area contributed by atoms with E-state index in [4.69, 9.17) is 9.47 Å². The average molecular weight is 261 g/mol. The molecule has 0 saturated carbocycles. The molecule has 1 N–H and O–H groups in total. The second kappa shape index (κ2) is 6.80. The minimum Gasteiger partial charge on any atom is -0.493 e. The summed E-state index contributed by atoms with van der Waals surface area (Å²) in [5.41, 5.74) is 0. The van der Waals surface area contributed by atoms with Gasteiger partial charge in [0, 0.05) is 12.4 Å². The summed E-state index contributed by atoms with van der Waals surface area (Å²) in [6.07, 6.45) is 3.76. The summed E-state index contributed by atoms with van der Waals surface area (Å²) >= 11 is 0. The fourth-order valence-corrected chi connectivity index (χ4v) is 1.86. The van der Waals surface area contributed by atoms with Crippen LogP contribution in [0.5, 0.6) is 11.5 Å². The van der Waals surface area contributed by atoms with Crippen LogP contribution in [-0.2, 0) is 13.1 Å². The van der Waals surface area contributed by atoms with Crippen LogP contribution in [0.3, 0.4) is 0 Å². The second-order valence-electron chi connectivity index (χ2n) is 4.07. The molecule has 1 aromatic carbocycles. The summed E-state index contributed by atoms with van der Waals surface area (Å²) in [7, 11) is 3.55. The van der Waals surface area contributed by atoms with Gasteiger partial charge < -0.3 is 19.4 Å². The minimum absolute atomic E-state index is 0.577. The van der Waals surface area contributed by atoms with E-state index in [-0.39, 0.29) is 0 Å². The van der Waals surface area contributed by atoms with Crippen molar-refractivity contribution in [2.24, 2.45) is 0 Å². The molecule has 2 aromatic rings. The Balaban J connectivity index is 1.91. The number of rotatable bonds is 7. The maximum absolute atomic E-state index is 5.74. The summed E-state index contributed by atoms with van der Waals surface area (Å²) in [6.45, 7) is 2.09. The topological polar surface area (TPSA) is 48.3 Å². The van der Waals surface area contributed by atoms with E-state index in [0.717, 1.165) is 30.4 Å². The van der Waals surface area contributed by atoms with Crippen LogP contribution in [0, 0.1) is 0 Å². The van der Waals surface area contributed by atoms with Crippen LogP contribution in [0.1, 0.15) is 5.82 Å². The highest BCUT2D eigenvalue weighted by Crippen LogP contribution is 2.25. The van der Waals surface area contributed by atoms with E-state index in [9.17, 15) is 0 Å². The molecule has 0 aliphatic rings. The molecule has 0 radical (unpaired) electrons. The van der Waals surface area contributed by atoms with Gasteiger partial charge >= 0.3 is 0 Å². The molecule has 0 aliphatic heterocycles. The molecule has 0 aliphatic carbocycles. The Morgan fingerprint density at radius 1 is 1.26 bits per heavy atom. The van der Waals surface area contributed by atoms with Crippen LogP contribution in [0.4, 0.5) is 0 Å². The first-order chi connectivity index (χ1) is 9.35. The standard InChI is InChI=1S/C14H19N3O2/c1-15-11-14-16-7-8-17(14)9-10-19-13-6-4-3-5-12(13)18-2/h3-8,15H,9-11H2,1-2H3. The van der Waals surface area contributed by atoms with E-state index < -0.39 is 0 Å². The second-order valence-corrected chi connectivity index (χ2v) is 4.07. The van der Waals surface area contributed by atoms with Gasteiger partial charge in [-0.3, -0.25) is 0 Å². The number of nitrogens with zero attached hydrogens (tertiary/aromatic N) is 2. The van der Waals surface area contributed by atoms with Gasteiger partial charge in [-0.25, -0.2) is 4.98 Å². The van der Waals surface area contributed by atoms with Gasteiger partial charge in [0.15, 0.2) is 11.5 Å². The molecule has 0 atom stereocenters. The Morgan fingerprint density at radius 2 is 2.05 bits per heavy atom. The third-order valence-corrected chi connectivity index (χ3v) is 2.80. The fourth-order valence-electron chi connectivity index (χ4n) is 1.86. The van der Waals surface area contributed by atoms with Crippen molar-refractivity contribution in [3.8, 4) is 11.5 Å². The van der Waals surface area contributed by atoms with E-state index in [1.165, 1.54) is 0 Å². The summed E-state index contributed by atoms with van der Waals surface area (Å²) < 4.78 is 13.1. The van der Waals surface area contributed by atoms with Crippen LogP contribution in [-0.4, -0.2) is 30.3 Å². The largest absolute Gasteiger partial charge is 0.493 e. The number of aromatic nitrogens is 2. The van der Waals surface area contributed by atoms with Gasteiger partial charge in [-0.2, -0.15) is 0 Å². The monoisotopic (exact) mass is 261 g/mol. The fraction of sp³-hybridized carbons (Fsp3) is 0.357. The first-order valence-electron chi connectivity index (χ1n) is 6.25. The van der Waals surface area contributed by atoms with Crippen LogP contribution < -0.4 is 14.8 Å². The zero-order valence-corrected chi connectivity index (χ0v) is 11.3. The highest BCUT2D eigenvalue weighted by atomic mass is 16.5. The van der Waals surface area contributed by atoms with Crippen molar-refractivity contribution in [2.45, 2.75) is 13.1 Å². The van der Waals surface area contributed by atoms with Crippen LogP contribution in [0.2, 0.25) is 0 Å². The third-order valence-electron chi connectivity index (χ3n) is 2.80. The Kier molecular flexibility index (Phi) is 4.80. The van der Waals surface area contributed by atoms with E-state index in [1.807, 2.05) is 37.5 Å². The van der Waals surface area contributed by atoms with Gasteiger partial charge in [0.05, 0.1) is 20.2 Å². The third kappa shape index (κ3) is 3.48. The Bertz CT molecular complexity index is 511. The number of methoxy groups -OCH3 is 1. The maximum Gasteiger partial charge on any atom is 0.161 e. The van der Waals surface area contributed by atoms with Crippen molar-refractivity contribution in [3.63, 3.8) is 0 Å². The lowest BCUT2D eigenvalue weighted by atomic mass is 10.3. The van der Waals surface area contributed by atoms with Crippen LogP contribution in [0.25, 0.3) is 0 Å². The van der Waals surface area contributed by atoms with Crippen molar-refractivity contribution in [1.29, 1.82) is 0 Å². The maximum atomic E-state index is 5.74. The van der Waals surface area contributed by atoms with E-state index in [2.05, 4.69) is 14.9 Å². The number of para-hydroxylation sites is 2. The predicted octanol–water partition coefficient (Wildman–Crippen LogP) is 1.69. The molecule has 102 valence electrons. The van der Waals surface area contributed by atoms with Crippen LogP contribution >= 0.6 is 0 Å². The molecule has 0 fully saturated rings. The van der Waals surface area contributed by atoms with Crippen molar-refractivity contribution in [1.82, 2.24) is 14.9 Å². The smallest absolute Gasteiger partial charge is 0.161 e. The van der Waals surface area contributed by atoms with Gasteiger partial charge in [-0.15, -0.1) is 0 Å². The Labute approximate surface area is 113 Å². The molecule has 0 amide bonds. The van der Waals surface area contributed by atoms with Gasteiger partial charge in [0.25, 0.3) is 0 Å². The van der Waals surface area contributed by atoms with E-state index >= 15 is 0 Å². The zero-order chi connectivity index (χ0) is 13.5. The summed E-state index contributed by atoms with van der Waals surface area (Å²) in [5.74, 6) is 2.52. The van der Waals surface area contributed by atoms with E-state index in [0.29, 0.717) is 6.61 Å². The summed E-state index contributed by atoms with van der Waals surface area (Å²) in [5, 5.41) is 3.09. The molecule has 5 heteroatoms. The number of hydrogen-bond donors (Lipinski definition) is 1. The summed E-state index contributed by atoms with van der Waals surface area (Å²) in [6, 6.07) is 7.65. The molecule has 0 unspecified atom stereocenters. The number of benzene rings is 1. The van der Waals surface area contributed by atoms with Gasteiger partial charge in [0.2, 0.25) is 0 Å². The summed E-state index contributed by atoms with van der Waals surface area (Å²) in [4.78, 5) is 4.29. The minimum atomic E-state index is 0.577. The molecule has 1 heterocycles. The number of nitrogens with one attached hydrogen (secondary N) is 1. The first kappa shape index (κ1) is 13.4. The zero-order valence-electron chi connectivity index (χ0n) is 11.3. The molecule has 0 spiro atoms. The van der Waals surface area contributed by atoms with Crippen molar-refractivity contribution in [3.05, 3.63) is 42.5 Å². The molecule has 0 saturated heterocycles. The van der Waals surface area contributed by atoms with E-state index in [1.54, 1.807) is 13.3 Å². The quantitative estimate of drug-likeness (QED) is 0.824. The van der Waals surface area contributed by atoms with Crippen molar-refractivity contribution < 1.29 is 9.47 Å². The SMILES string of the molecule is CNCc1nccn1CCOc1ccccc1OC. The first-order valence-corrected chi connectivity index (χ1v) is 6.25. The number of imidazole rings is 1. The number of ether oxygens (including phenoxy) is 2. The van der Waals surface area contributed by atoms with Gasteiger partial charge in [-0.05, 0) is 19.2 Å². The van der Waals surface area contributed by atoms with Crippen molar-refractivity contribution >= 4 is 0 Å². The highest BCUT2D eigenvalue weighted by Gasteiger charge is 2.04. The molecule has 5 nitrogen and oxygen atoms in total. The lowest BCUT2D eigenvalue weighted by Gasteiger charge is -2.11. The normalized spacial score (nSPS) is 10.4. The van der Waals surface area contributed by atoms with Crippen molar-refractivity contribution in [2.75, 3.05) is 20.8 Å². The Morgan fingerprint density at radius 3 is 2.79 bits per heavy atom. The molecule has 0 bridgehead atoms. The molecule has 1 aromatic heterocycles. The Hall–Kier alpha value is -2.01. The lowest BCUT2D eigenvalue weighted by molar-refractivity contribution is 0.278. The molecular weight excluding hydrogens is 242 g/mol. The number of hydrogen-bond acceptors (Lipinski definition) is 4. The van der Waals surface area contributed by atoms with Gasteiger partial charge in [-0.1, -0.05) is 12.1 Å². The molecular formula is C14H19N3O2. The average Bonchev–Trinajstić information content (AvgIpc) is 2.87. The molecule has 19 heavy (non-hydrogen) atoms. The van der Waals surface area contributed by atoms with Gasteiger partial charge in [0.1, 0.15) is 12.4 Å². The molecule has 2 rings (SSSR count). The van der Waals surface area contributed by atoms with Crippen LogP contribution in [0.15, 0.2) is 36.7 Å². The predicted molar refractivity (Wildman–Crippen MR) is 73.5 cm³/mol.